The van der Waals surface area contributed by atoms with Crippen molar-refractivity contribution in [2.24, 2.45) is 0 Å². The summed E-state index contributed by atoms with van der Waals surface area (Å²) in [7, 11) is 0. The molecule has 1 aliphatic rings. The summed E-state index contributed by atoms with van der Waals surface area (Å²) >= 11 is 0. The van der Waals surface area contributed by atoms with Crippen molar-refractivity contribution in [3.05, 3.63) is 65.4 Å². The van der Waals surface area contributed by atoms with E-state index >= 15 is 0 Å². The number of nitrogens with one attached hydrogen (secondary N) is 3. The molecule has 186 valence electrons. The number of rotatable bonds is 5. The number of fused-ring (bicyclic) bond motifs is 1. The molecule has 10 heteroatoms. The van der Waals surface area contributed by atoms with Gasteiger partial charge in [0.15, 0.2) is 5.69 Å². The van der Waals surface area contributed by atoms with E-state index in [0.717, 1.165) is 53.9 Å². The highest BCUT2D eigenvalue weighted by Gasteiger charge is 2.24. The number of carbonyl (C=O) groups excluding carboxylic acids is 1. The summed E-state index contributed by atoms with van der Waals surface area (Å²) in [5.41, 5.74) is 6.09. The van der Waals surface area contributed by atoms with Crippen LogP contribution in [0.1, 0.15) is 73.4 Å². The molecule has 1 atom stereocenters. The normalized spacial score (nSPS) is 15.7. The number of aryl methyl sites for hydroxylation is 2. The van der Waals surface area contributed by atoms with Crippen LogP contribution in [0.4, 0.5) is 11.6 Å². The van der Waals surface area contributed by atoms with Gasteiger partial charge in [0.2, 0.25) is 5.95 Å². The molecule has 1 aromatic carbocycles. The van der Waals surface area contributed by atoms with Crippen molar-refractivity contribution in [3.63, 3.8) is 0 Å². The number of aromatic amines is 1. The summed E-state index contributed by atoms with van der Waals surface area (Å²) in [6.07, 6.45) is 9.12. The van der Waals surface area contributed by atoms with Gasteiger partial charge in [-0.15, -0.1) is 5.10 Å². The third-order valence-electron chi connectivity index (χ3n) is 6.45. The first-order valence-corrected chi connectivity index (χ1v) is 12.2. The number of carbonyl (C=O) groups is 1. The van der Waals surface area contributed by atoms with E-state index in [1.54, 1.807) is 23.3 Å². The van der Waals surface area contributed by atoms with Crippen molar-refractivity contribution in [1.29, 1.82) is 0 Å². The van der Waals surface area contributed by atoms with Crippen molar-refractivity contribution in [2.45, 2.75) is 65.0 Å². The lowest BCUT2D eigenvalue weighted by atomic mass is 9.95. The summed E-state index contributed by atoms with van der Waals surface area (Å²) in [6.45, 7) is 8.01. The maximum absolute atomic E-state index is 13.0. The van der Waals surface area contributed by atoms with Gasteiger partial charge in [-0.05, 0) is 70.2 Å². The van der Waals surface area contributed by atoms with E-state index in [4.69, 9.17) is 4.98 Å². The second-order valence-corrected chi connectivity index (χ2v) is 10.2. The minimum absolute atomic E-state index is 0.0736. The smallest absolute Gasteiger partial charge is 0.273 e. The molecule has 5 rings (SSSR count). The summed E-state index contributed by atoms with van der Waals surface area (Å²) in [4.78, 5) is 22.1. The number of anilines is 2. The number of amides is 1. The molecule has 0 saturated heterocycles. The van der Waals surface area contributed by atoms with Crippen LogP contribution in [0.5, 0.6) is 0 Å². The second-order valence-electron chi connectivity index (χ2n) is 10.2. The minimum atomic E-state index is -0.232. The zero-order valence-corrected chi connectivity index (χ0v) is 21.0. The molecule has 0 aliphatic heterocycles. The van der Waals surface area contributed by atoms with Crippen LogP contribution in [-0.2, 0) is 12.0 Å². The molecule has 3 N–H and O–H groups in total. The van der Waals surface area contributed by atoms with Gasteiger partial charge in [0.1, 0.15) is 0 Å². The number of nitrogens with zero attached hydrogens (tertiary/aromatic N) is 6. The zero-order chi connectivity index (χ0) is 25.3. The van der Waals surface area contributed by atoms with Gasteiger partial charge >= 0.3 is 0 Å². The van der Waals surface area contributed by atoms with E-state index in [-0.39, 0.29) is 17.5 Å². The van der Waals surface area contributed by atoms with Crippen LogP contribution in [-0.4, -0.2) is 41.1 Å². The molecule has 1 aliphatic carbocycles. The van der Waals surface area contributed by atoms with Crippen molar-refractivity contribution >= 4 is 17.5 Å². The molecule has 3 aromatic heterocycles. The number of hydrogen-bond donors (Lipinski definition) is 3. The monoisotopic (exact) mass is 485 g/mol. The van der Waals surface area contributed by atoms with Crippen LogP contribution >= 0.6 is 0 Å². The van der Waals surface area contributed by atoms with Gasteiger partial charge in [-0.3, -0.25) is 9.89 Å². The molecule has 3 heterocycles. The highest BCUT2D eigenvalue weighted by atomic mass is 16.2. The van der Waals surface area contributed by atoms with Gasteiger partial charge in [-0.2, -0.15) is 5.10 Å². The fourth-order valence-electron chi connectivity index (χ4n) is 4.40. The van der Waals surface area contributed by atoms with Crippen molar-refractivity contribution in [3.8, 4) is 11.3 Å². The molecule has 0 fully saturated rings. The summed E-state index contributed by atoms with van der Waals surface area (Å²) < 4.78 is 1.72. The Hall–Kier alpha value is -4.08. The summed E-state index contributed by atoms with van der Waals surface area (Å²) in [5.74, 6) is 0.314. The fourth-order valence-corrected chi connectivity index (χ4v) is 4.40. The highest BCUT2D eigenvalue weighted by molar-refractivity contribution is 5.92. The molecule has 4 aromatic rings. The van der Waals surface area contributed by atoms with E-state index in [9.17, 15) is 4.79 Å². The van der Waals surface area contributed by atoms with Crippen LogP contribution in [0.2, 0.25) is 0 Å². The molecule has 0 saturated carbocycles. The lowest BCUT2D eigenvalue weighted by Crippen LogP contribution is -2.29. The van der Waals surface area contributed by atoms with Gasteiger partial charge in [0.25, 0.3) is 5.91 Å². The highest BCUT2D eigenvalue weighted by Crippen LogP contribution is 2.32. The Morgan fingerprint density at radius 1 is 1.19 bits per heavy atom. The molecular weight excluding hydrogens is 454 g/mol. The molecule has 0 spiro atoms. The summed E-state index contributed by atoms with van der Waals surface area (Å²) in [5, 5.41) is 21.6. The molecule has 0 unspecified atom stereocenters. The van der Waals surface area contributed by atoms with Gasteiger partial charge in [-0.25, -0.2) is 14.6 Å². The van der Waals surface area contributed by atoms with Gasteiger partial charge in [0, 0.05) is 11.8 Å². The molecule has 36 heavy (non-hydrogen) atoms. The Morgan fingerprint density at radius 2 is 2.06 bits per heavy atom. The molecule has 1 amide bonds. The lowest BCUT2D eigenvalue weighted by molar-refractivity contribution is 0.0929. The van der Waals surface area contributed by atoms with Crippen LogP contribution in [0.15, 0.2) is 42.9 Å². The number of benzene rings is 1. The Labute approximate surface area is 210 Å². The Morgan fingerprint density at radius 3 is 2.81 bits per heavy atom. The largest absolute Gasteiger partial charge is 0.344 e. The zero-order valence-electron chi connectivity index (χ0n) is 21.0. The third-order valence-corrected chi connectivity index (χ3v) is 6.45. The predicted molar refractivity (Wildman–Crippen MR) is 137 cm³/mol. The van der Waals surface area contributed by atoms with Crippen LogP contribution in [0.25, 0.3) is 11.3 Å². The maximum atomic E-state index is 13.0. The van der Waals surface area contributed by atoms with Crippen LogP contribution in [0.3, 0.4) is 0 Å². The van der Waals surface area contributed by atoms with Crippen molar-refractivity contribution in [2.75, 3.05) is 5.32 Å². The third kappa shape index (κ3) is 4.98. The Bertz CT molecular complexity index is 1380. The SMILES string of the molecule is Cc1[nH]ncc1Nc1nccc(-c2ccc3c(c2)CCCC[C@H]3NC(=O)c2cn(C(C)(C)C)nn2)n1. The van der Waals surface area contributed by atoms with Crippen LogP contribution in [0, 0.1) is 6.92 Å². The van der Waals surface area contributed by atoms with Gasteiger partial charge in [0.05, 0.1) is 41.0 Å². The number of hydrogen-bond acceptors (Lipinski definition) is 7. The van der Waals surface area contributed by atoms with E-state index in [2.05, 4.69) is 54.3 Å². The second kappa shape index (κ2) is 9.52. The number of H-pyrrole nitrogens is 1. The minimum Gasteiger partial charge on any atom is -0.344 e. The summed E-state index contributed by atoms with van der Waals surface area (Å²) in [6, 6.07) is 8.20. The fraction of sp³-hybridized carbons (Fsp3) is 0.385. The quantitative estimate of drug-likeness (QED) is 0.356. The molecular formula is C26H31N9O. The molecule has 0 bridgehead atoms. The van der Waals surface area contributed by atoms with Crippen molar-refractivity contribution in [1.82, 2.24) is 40.5 Å². The van der Waals surface area contributed by atoms with Gasteiger partial charge < -0.3 is 10.6 Å². The standard InChI is InChI=1S/C26H31N9O/c1-16-22(14-28-32-16)31-25-27-12-11-20(30-25)18-9-10-19-17(13-18)7-5-6-8-21(19)29-24(36)23-15-35(34-33-23)26(2,3)4/h9-15,21H,5-8H2,1-4H3,(H,28,32)(H,29,36)(H,27,30,31)/t21-/m1/s1. The van der Waals surface area contributed by atoms with E-state index in [1.807, 2.05) is 33.8 Å². The van der Waals surface area contributed by atoms with Crippen LogP contribution < -0.4 is 10.6 Å². The predicted octanol–water partition coefficient (Wildman–Crippen LogP) is 4.46. The first-order valence-electron chi connectivity index (χ1n) is 12.2. The van der Waals surface area contributed by atoms with E-state index < -0.39 is 0 Å². The Kier molecular flexibility index (Phi) is 6.26. The van der Waals surface area contributed by atoms with E-state index in [0.29, 0.717) is 11.6 Å². The average Bonchev–Trinajstić information content (AvgIpc) is 3.46. The Balaban J connectivity index is 1.37. The topological polar surface area (TPSA) is 126 Å². The molecule has 10 nitrogen and oxygen atoms in total. The molecule has 0 radical (unpaired) electrons. The van der Waals surface area contributed by atoms with Crippen molar-refractivity contribution < 1.29 is 4.79 Å². The van der Waals surface area contributed by atoms with Gasteiger partial charge in [-0.1, -0.05) is 23.8 Å². The van der Waals surface area contributed by atoms with E-state index in [1.165, 1.54) is 5.56 Å². The average molecular weight is 486 g/mol. The first-order chi connectivity index (χ1) is 17.3. The number of aromatic nitrogens is 7. The maximum Gasteiger partial charge on any atom is 0.273 e. The lowest BCUT2D eigenvalue weighted by Gasteiger charge is -2.20. The first kappa shape index (κ1) is 23.7.